The minimum atomic E-state index is -0.707. The molecule has 1 fully saturated rings. The second-order valence-electron chi connectivity index (χ2n) is 7.95. The van der Waals surface area contributed by atoms with Crippen LogP contribution in [0.15, 0.2) is 69.0 Å². The molecule has 2 aromatic heterocycles. The molecule has 0 atom stereocenters. The molecule has 0 aliphatic heterocycles. The molecule has 1 N–H and O–H groups in total. The lowest BCUT2D eigenvalue weighted by molar-refractivity contribution is 0.631. The Balaban J connectivity index is 1.88. The van der Waals surface area contributed by atoms with Crippen molar-refractivity contribution in [2.45, 2.75) is 18.9 Å². The molecule has 9 heteroatoms. The van der Waals surface area contributed by atoms with E-state index < -0.39 is 22.6 Å². The first kappa shape index (κ1) is 20.5. The Morgan fingerprint density at radius 1 is 1.03 bits per heavy atom. The molecular formula is C24H18FN5O3. The monoisotopic (exact) mass is 443 g/mol. The predicted octanol–water partition coefficient (Wildman–Crippen LogP) is 2.94. The zero-order valence-corrected chi connectivity index (χ0v) is 17.6. The molecule has 4 aromatic rings. The van der Waals surface area contributed by atoms with Crippen LogP contribution in [0.4, 0.5) is 15.8 Å². The number of aromatic nitrogens is 3. The number of fused-ring (bicyclic) bond motifs is 1. The van der Waals surface area contributed by atoms with Gasteiger partial charge < -0.3 is 5.32 Å². The maximum Gasteiger partial charge on any atom is 0.337 e. The summed E-state index contributed by atoms with van der Waals surface area (Å²) in [6.07, 6.45) is 1.41. The van der Waals surface area contributed by atoms with Crippen LogP contribution in [0.25, 0.3) is 16.7 Å². The Hall–Kier alpha value is -4.45. The molecule has 1 aliphatic carbocycles. The number of rotatable bonds is 4. The third-order valence-corrected chi connectivity index (χ3v) is 5.74. The molecule has 1 saturated carbocycles. The first-order valence-corrected chi connectivity index (χ1v) is 10.3. The number of pyridine rings is 1. The normalized spacial score (nSPS) is 13.1. The van der Waals surface area contributed by atoms with E-state index in [4.69, 9.17) is 5.26 Å². The van der Waals surface area contributed by atoms with Gasteiger partial charge >= 0.3 is 5.69 Å². The van der Waals surface area contributed by atoms with Crippen LogP contribution in [0, 0.1) is 17.1 Å². The standard InChI is InChI=1S/C24H18FN5O3/c1-28-20(31)12-19(27-18-10-7-14(13-26)11-17(18)25)21-22(28)29(15-5-3-2-4-6-15)24(33)30(23(21)32)16-8-9-16/h2-7,10-12,16,27H,8-9H2,1H3. The van der Waals surface area contributed by atoms with Crippen molar-refractivity contribution < 1.29 is 4.39 Å². The first-order chi connectivity index (χ1) is 15.9. The number of aryl methyl sites for hydroxylation is 1. The average molecular weight is 443 g/mol. The molecule has 0 amide bonds. The Morgan fingerprint density at radius 2 is 1.76 bits per heavy atom. The lowest BCUT2D eigenvalue weighted by Gasteiger charge is -2.19. The molecule has 5 rings (SSSR count). The van der Waals surface area contributed by atoms with Crippen LogP contribution in [0.5, 0.6) is 0 Å². The predicted molar refractivity (Wildman–Crippen MR) is 122 cm³/mol. The molecule has 0 bridgehead atoms. The van der Waals surface area contributed by atoms with Gasteiger partial charge in [-0.15, -0.1) is 0 Å². The molecule has 1 aliphatic rings. The Morgan fingerprint density at radius 3 is 2.39 bits per heavy atom. The molecular weight excluding hydrogens is 425 g/mol. The van der Waals surface area contributed by atoms with Crippen molar-refractivity contribution in [1.82, 2.24) is 13.7 Å². The van der Waals surface area contributed by atoms with Gasteiger partial charge in [0.2, 0.25) is 0 Å². The zero-order chi connectivity index (χ0) is 23.3. The van der Waals surface area contributed by atoms with Crippen LogP contribution in [-0.4, -0.2) is 13.7 Å². The highest BCUT2D eigenvalue weighted by Gasteiger charge is 2.31. The van der Waals surface area contributed by atoms with Crippen molar-refractivity contribution in [2.75, 3.05) is 5.32 Å². The van der Waals surface area contributed by atoms with Gasteiger partial charge in [0.25, 0.3) is 11.1 Å². The molecule has 0 saturated heterocycles. The number of nitrogens with zero attached hydrogens (tertiary/aromatic N) is 4. The van der Waals surface area contributed by atoms with Gasteiger partial charge in [-0.05, 0) is 43.2 Å². The summed E-state index contributed by atoms with van der Waals surface area (Å²) in [5.41, 5.74) is -0.725. The van der Waals surface area contributed by atoms with Gasteiger partial charge in [-0.2, -0.15) is 5.26 Å². The number of hydrogen-bond donors (Lipinski definition) is 1. The highest BCUT2D eigenvalue weighted by atomic mass is 19.1. The van der Waals surface area contributed by atoms with E-state index in [1.807, 2.05) is 6.07 Å². The van der Waals surface area contributed by atoms with Gasteiger partial charge in [-0.25, -0.2) is 13.8 Å². The van der Waals surface area contributed by atoms with Crippen LogP contribution < -0.4 is 22.1 Å². The van der Waals surface area contributed by atoms with Crippen LogP contribution in [0.1, 0.15) is 24.4 Å². The fourth-order valence-corrected chi connectivity index (χ4v) is 3.96. The molecule has 33 heavy (non-hydrogen) atoms. The van der Waals surface area contributed by atoms with E-state index in [2.05, 4.69) is 5.32 Å². The van der Waals surface area contributed by atoms with Crippen LogP contribution in [-0.2, 0) is 7.05 Å². The number of benzene rings is 2. The van der Waals surface area contributed by atoms with E-state index >= 15 is 0 Å². The van der Waals surface area contributed by atoms with Crippen molar-refractivity contribution in [3.8, 4) is 11.8 Å². The van der Waals surface area contributed by atoms with Gasteiger partial charge in [-0.1, -0.05) is 18.2 Å². The zero-order valence-electron chi connectivity index (χ0n) is 17.6. The number of hydrogen-bond acceptors (Lipinski definition) is 5. The molecule has 8 nitrogen and oxygen atoms in total. The summed E-state index contributed by atoms with van der Waals surface area (Å²) in [5, 5.41) is 11.9. The fourth-order valence-electron chi connectivity index (χ4n) is 3.96. The Labute approximate surface area is 186 Å². The average Bonchev–Trinajstić information content (AvgIpc) is 3.64. The minimum Gasteiger partial charge on any atom is -0.352 e. The van der Waals surface area contributed by atoms with Crippen molar-refractivity contribution >= 4 is 22.4 Å². The van der Waals surface area contributed by atoms with Gasteiger partial charge in [-0.3, -0.25) is 18.7 Å². The Kier molecular flexibility index (Phi) is 4.71. The van der Waals surface area contributed by atoms with Gasteiger partial charge in [0.05, 0.1) is 28.7 Å². The van der Waals surface area contributed by atoms with E-state index in [1.165, 1.54) is 38.9 Å². The maximum atomic E-state index is 14.6. The van der Waals surface area contributed by atoms with E-state index in [0.29, 0.717) is 18.5 Å². The number of nitrogens with one attached hydrogen (secondary N) is 1. The number of halogens is 1. The van der Waals surface area contributed by atoms with E-state index in [-0.39, 0.29) is 34.0 Å². The van der Waals surface area contributed by atoms with Gasteiger partial charge in [0.1, 0.15) is 16.9 Å². The van der Waals surface area contributed by atoms with Crippen molar-refractivity contribution in [3.05, 3.63) is 97.2 Å². The summed E-state index contributed by atoms with van der Waals surface area (Å²) in [5.74, 6) is -0.707. The molecule has 0 unspecified atom stereocenters. The third kappa shape index (κ3) is 3.32. The summed E-state index contributed by atoms with van der Waals surface area (Å²) in [6.45, 7) is 0. The smallest absolute Gasteiger partial charge is 0.337 e. The highest BCUT2D eigenvalue weighted by Crippen LogP contribution is 2.33. The fraction of sp³-hybridized carbons (Fsp3) is 0.167. The topological polar surface area (TPSA) is 102 Å². The quantitative estimate of drug-likeness (QED) is 0.523. The first-order valence-electron chi connectivity index (χ1n) is 10.3. The van der Waals surface area contributed by atoms with E-state index in [0.717, 1.165) is 6.07 Å². The highest BCUT2D eigenvalue weighted by molar-refractivity contribution is 5.91. The molecule has 0 spiro atoms. The lowest BCUT2D eigenvalue weighted by atomic mass is 10.2. The second-order valence-corrected chi connectivity index (χ2v) is 7.95. The van der Waals surface area contributed by atoms with E-state index in [9.17, 15) is 18.8 Å². The lowest BCUT2D eigenvalue weighted by Crippen LogP contribution is -2.41. The summed E-state index contributed by atoms with van der Waals surface area (Å²) in [4.78, 5) is 39.8. The summed E-state index contributed by atoms with van der Waals surface area (Å²) >= 11 is 0. The number of anilines is 2. The molecule has 2 heterocycles. The largest absolute Gasteiger partial charge is 0.352 e. The van der Waals surface area contributed by atoms with Crippen LogP contribution in [0.2, 0.25) is 0 Å². The Bertz CT molecular complexity index is 1640. The summed E-state index contributed by atoms with van der Waals surface area (Å²) < 4.78 is 18.4. The van der Waals surface area contributed by atoms with Crippen molar-refractivity contribution in [3.63, 3.8) is 0 Å². The second kappa shape index (κ2) is 7.60. The number of para-hydroxylation sites is 1. The van der Waals surface area contributed by atoms with Gasteiger partial charge in [0.15, 0.2) is 0 Å². The minimum absolute atomic E-state index is 0.00149. The third-order valence-electron chi connectivity index (χ3n) is 5.74. The van der Waals surface area contributed by atoms with Crippen molar-refractivity contribution in [1.29, 1.82) is 5.26 Å². The van der Waals surface area contributed by atoms with Gasteiger partial charge in [0, 0.05) is 19.2 Å². The maximum absolute atomic E-state index is 14.6. The molecule has 164 valence electrons. The summed E-state index contributed by atoms with van der Waals surface area (Å²) in [6, 6.07) is 15.4. The van der Waals surface area contributed by atoms with Crippen LogP contribution in [0.3, 0.4) is 0 Å². The number of nitriles is 1. The summed E-state index contributed by atoms with van der Waals surface area (Å²) in [7, 11) is 1.48. The SMILES string of the molecule is Cn1c(=O)cc(Nc2ccc(C#N)cc2F)c2c(=O)n(C3CC3)c(=O)n(-c3ccccc3)c21. The van der Waals surface area contributed by atoms with Crippen molar-refractivity contribution in [2.24, 2.45) is 7.05 Å². The van der Waals surface area contributed by atoms with Crippen LogP contribution >= 0.6 is 0 Å². The molecule has 0 radical (unpaired) electrons. The van der Waals surface area contributed by atoms with E-state index in [1.54, 1.807) is 30.3 Å². The molecule has 2 aromatic carbocycles.